The monoisotopic (exact) mass is 402 g/mol. The highest BCUT2D eigenvalue weighted by Gasteiger charge is 2.14. The first-order chi connectivity index (χ1) is 14.2. The fourth-order valence-electron chi connectivity index (χ4n) is 3.55. The molecule has 1 amide bonds. The average molecular weight is 403 g/mol. The number of nitrogens with zero attached hydrogens (tertiary/aromatic N) is 3. The maximum absolute atomic E-state index is 11.7. The Morgan fingerprint density at radius 3 is 2.48 bits per heavy atom. The summed E-state index contributed by atoms with van der Waals surface area (Å²) in [4.78, 5) is 21.1. The molecule has 1 aromatic rings. The smallest absolute Gasteiger partial charge is 0.251 e. The van der Waals surface area contributed by atoms with Crippen molar-refractivity contribution in [3.63, 3.8) is 0 Å². The van der Waals surface area contributed by atoms with Gasteiger partial charge < -0.3 is 25.8 Å². The van der Waals surface area contributed by atoms with Crippen LogP contribution >= 0.6 is 0 Å². The van der Waals surface area contributed by atoms with Gasteiger partial charge in [-0.25, -0.2) is 0 Å². The van der Waals surface area contributed by atoms with Crippen molar-refractivity contribution in [2.45, 2.75) is 26.2 Å². The molecule has 2 rings (SSSR count). The van der Waals surface area contributed by atoms with Crippen LogP contribution in [0, 0.1) is 0 Å². The number of likely N-dealkylation sites (N-methyl/N-ethyl adjacent to an activating group) is 1. The molecule has 1 aliphatic rings. The van der Waals surface area contributed by atoms with E-state index in [1.165, 1.54) is 45.7 Å². The predicted molar refractivity (Wildman–Crippen MR) is 121 cm³/mol. The molecule has 0 radical (unpaired) electrons. The van der Waals surface area contributed by atoms with Crippen molar-refractivity contribution in [1.29, 1.82) is 0 Å². The van der Waals surface area contributed by atoms with E-state index in [0.717, 1.165) is 37.5 Å². The van der Waals surface area contributed by atoms with Crippen LogP contribution in [0.1, 0.15) is 35.7 Å². The number of nitrogens with one attached hydrogen (secondary N) is 3. The van der Waals surface area contributed by atoms with E-state index in [2.05, 4.69) is 37.7 Å². The molecule has 0 unspecified atom stereocenters. The topological polar surface area (TPSA) is 72.0 Å². The van der Waals surface area contributed by atoms with Crippen LogP contribution in [-0.2, 0) is 6.42 Å². The van der Waals surface area contributed by atoms with Crippen LogP contribution in [0.5, 0.6) is 0 Å². The number of unbranched alkanes of at least 4 members (excludes halogenated alkanes) is 1. The predicted octanol–water partition coefficient (Wildman–Crippen LogP) is 1.17. The van der Waals surface area contributed by atoms with Crippen molar-refractivity contribution in [2.75, 3.05) is 66.5 Å². The second-order valence-corrected chi connectivity index (χ2v) is 7.44. The maximum atomic E-state index is 11.7. The number of rotatable bonds is 10. The van der Waals surface area contributed by atoms with Gasteiger partial charge in [0.05, 0.1) is 0 Å². The molecule has 1 aliphatic heterocycles. The molecule has 1 fully saturated rings. The lowest BCUT2D eigenvalue weighted by molar-refractivity contribution is 0.0963. The fourth-order valence-corrected chi connectivity index (χ4v) is 3.55. The lowest BCUT2D eigenvalue weighted by atomic mass is 10.1. The molecule has 0 aromatic heterocycles. The Morgan fingerprint density at radius 2 is 1.79 bits per heavy atom. The number of benzene rings is 1. The van der Waals surface area contributed by atoms with Gasteiger partial charge in [-0.15, -0.1) is 0 Å². The van der Waals surface area contributed by atoms with Crippen molar-refractivity contribution >= 4 is 11.9 Å². The lowest BCUT2D eigenvalue weighted by Crippen LogP contribution is -2.46. The van der Waals surface area contributed by atoms with Crippen molar-refractivity contribution in [1.82, 2.24) is 25.8 Å². The van der Waals surface area contributed by atoms with Gasteiger partial charge in [0.15, 0.2) is 5.96 Å². The molecule has 1 aromatic carbocycles. The van der Waals surface area contributed by atoms with Crippen LogP contribution < -0.4 is 16.0 Å². The molecule has 0 bridgehead atoms. The Bertz CT molecular complexity index is 640. The summed E-state index contributed by atoms with van der Waals surface area (Å²) in [5.74, 6) is 0.786. The Labute approximate surface area is 175 Å². The summed E-state index contributed by atoms with van der Waals surface area (Å²) in [5.41, 5.74) is 1.83. The molecule has 7 nitrogen and oxygen atoms in total. The largest absolute Gasteiger partial charge is 0.356 e. The fraction of sp³-hybridized carbons (Fsp3) is 0.636. The van der Waals surface area contributed by atoms with Gasteiger partial charge in [-0.05, 0) is 50.0 Å². The molecule has 0 spiro atoms. The van der Waals surface area contributed by atoms with Crippen molar-refractivity contribution in [3.8, 4) is 0 Å². The second-order valence-electron chi connectivity index (χ2n) is 7.44. The van der Waals surface area contributed by atoms with Crippen LogP contribution in [0.4, 0.5) is 0 Å². The summed E-state index contributed by atoms with van der Waals surface area (Å²) in [6.07, 6.45) is 3.19. The SMILES string of the molecule is CCN1CCN(CCCCNC(=NC)NCCc2cccc(C(=O)NC)c2)CC1. The minimum absolute atomic E-state index is 0.0514. The molecule has 29 heavy (non-hydrogen) atoms. The van der Waals surface area contributed by atoms with Gasteiger partial charge >= 0.3 is 0 Å². The first kappa shape index (κ1) is 23.2. The highest BCUT2D eigenvalue weighted by molar-refractivity contribution is 5.94. The molecule has 7 heteroatoms. The summed E-state index contributed by atoms with van der Waals surface area (Å²) >= 11 is 0. The molecule has 162 valence electrons. The number of aliphatic imine (C=N–C) groups is 1. The number of piperazine rings is 1. The second kappa shape index (κ2) is 13.2. The molecular weight excluding hydrogens is 364 g/mol. The lowest BCUT2D eigenvalue weighted by Gasteiger charge is -2.34. The normalized spacial score (nSPS) is 15.9. The van der Waals surface area contributed by atoms with E-state index in [1.54, 1.807) is 14.1 Å². The quantitative estimate of drug-likeness (QED) is 0.311. The number of hydrogen-bond acceptors (Lipinski definition) is 4. The van der Waals surface area contributed by atoms with Gasteiger partial charge in [-0.1, -0.05) is 19.1 Å². The summed E-state index contributed by atoms with van der Waals surface area (Å²) < 4.78 is 0. The van der Waals surface area contributed by atoms with Gasteiger partial charge in [-0.3, -0.25) is 9.79 Å². The van der Waals surface area contributed by atoms with E-state index in [4.69, 9.17) is 0 Å². The van der Waals surface area contributed by atoms with Crippen LogP contribution in [0.2, 0.25) is 0 Å². The maximum Gasteiger partial charge on any atom is 0.251 e. The minimum Gasteiger partial charge on any atom is -0.356 e. The highest BCUT2D eigenvalue weighted by Crippen LogP contribution is 2.06. The Balaban J connectivity index is 1.58. The summed E-state index contributed by atoms with van der Waals surface area (Å²) in [7, 11) is 3.45. The van der Waals surface area contributed by atoms with Crippen LogP contribution in [0.25, 0.3) is 0 Å². The van der Waals surface area contributed by atoms with Gasteiger partial charge in [0.25, 0.3) is 5.91 Å². The van der Waals surface area contributed by atoms with E-state index in [0.29, 0.717) is 5.56 Å². The van der Waals surface area contributed by atoms with Crippen LogP contribution in [-0.4, -0.2) is 88.1 Å². The van der Waals surface area contributed by atoms with Crippen molar-refractivity contribution < 1.29 is 4.79 Å². The molecule has 1 saturated heterocycles. The van der Waals surface area contributed by atoms with Crippen LogP contribution in [0.15, 0.2) is 29.3 Å². The number of guanidine groups is 1. The Hall–Kier alpha value is -2.12. The van der Waals surface area contributed by atoms with Gasteiger partial charge in [0.2, 0.25) is 0 Å². The van der Waals surface area contributed by atoms with Gasteiger partial charge in [0.1, 0.15) is 0 Å². The van der Waals surface area contributed by atoms with E-state index in [9.17, 15) is 4.79 Å². The summed E-state index contributed by atoms with van der Waals surface area (Å²) in [6.45, 7) is 11.1. The third kappa shape index (κ3) is 8.41. The zero-order valence-electron chi connectivity index (χ0n) is 18.3. The number of carbonyl (C=O) groups excluding carboxylic acids is 1. The average Bonchev–Trinajstić information content (AvgIpc) is 2.77. The van der Waals surface area contributed by atoms with E-state index < -0.39 is 0 Å². The Morgan fingerprint density at radius 1 is 1.07 bits per heavy atom. The minimum atomic E-state index is -0.0514. The molecular formula is C22H38N6O. The Kier molecular flexibility index (Phi) is 10.5. The first-order valence-electron chi connectivity index (χ1n) is 10.9. The number of carbonyl (C=O) groups is 1. The molecule has 0 saturated carbocycles. The van der Waals surface area contributed by atoms with E-state index >= 15 is 0 Å². The van der Waals surface area contributed by atoms with Crippen molar-refractivity contribution in [3.05, 3.63) is 35.4 Å². The van der Waals surface area contributed by atoms with Gasteiger partial charge in [0, 0.05) is 58.9 Å². The third-order valence-corrected chi connectivity index (χ3v) is 5.45. The zero-order chi connectivity index (χ0) is 20.9. The molecule has 3 N–H and O–H groups in total. The summed E-state index contributed by atoms with van der Waals surface area (Å²) in [6, 6.07) is 7.75. The molecule has 1 heterocycles. The van der Waals surface area contributed by atoms with Crippen molar-refractivity contribution in [2.24, 2.45) is 4.99 Å². The van der Waals surface area contributed by atoms with E-state index in [1.807, 2.05) is 24.3 Å². The van der Waals surface area contributed by atoms with E-state index in [-0.39, 0.29) is 5.91 Å². The highest BCUT2D eigenvalue weighted by atomic mass is 16.1. The van der Waals surface area contributed by atoms with Crippen LogP contribution in [0.3, 0.4) is 0 Å². The number of amides is 1. The summed E-state index contributed by atoms with van der Waals surface area (Å²) in [5, 5.41) is 9.41. The zero-order valence-corrected chi connectivity index (χ0v) is 18.3. The third-order valence-electron chi connectivity index (χ3n) is 5.45. The first-order valence-corrected chi connectivity index (χ1v) is 10.9. The standard InChI is InChI=1S/C22H38N6O/c1-4-27-14-16-28(17-15-27)13-6-5-11-25-22(24-3)26-12-10-19-8-7-9-20(18-19)21(29)23-2/h7-9,18H,4-6,10-17H2,1-3H3,(H,23,29)(H2,24,25,26). The molecule has 0 aliphatic carbocycles. The van der Waals surface area contributed by atoms with Gasteiger partial charge in [-0.2, -0.15) is 0 Å². The number of hydrogen-bond donors (Lipinski definition) is 3. The molecule has 0 atom stereocenters.